The first kappa shape index (κ1) is 50.2. The lowest BCUT2D eigenvalue weighted by atomic mass is 9.85. The highest BCUT2D eigenvalue weighted by Crippen LogP contribution is 2.40. The van der Waals surface area contributed by atoms with Crippen LogP contribution in [0, 0.1) is 33.1 Å². The van der Waals surface area contributed by atoms with Crippen LogP contribution in [0.5, 0.6) is 5.75 Å². The van der Waals surface area contributed by atoms with Gasteiger partial charge in [-0.05, 0) is 87.1 Å². The molecule has 3 aliphatic rings. The molecule has 0 saturated carbocycles. The standard InChI is InChI=1S/C54H61N9O7S2/c1-29-32(4)72-53-45(29)46(57-42(26-44(65)66)49-60-59-33(5)63(49)53)35-16-18-38(19-17-35)61-22-20-40(21-23-61)70-41-11-9-10-37(24-41)50(67)58-48(54(6,7)8)52(69)62-27-39(64)25-43(62)51(68)56-30(2)34-12-14-36(15-13-34)47-31(3)55-28-71-47/h9-19,24,28,30,39-40,42-43,48,64H,20-23,25-27H2,1-8H3,(H,56,68)(H,58,67)(H,65,66)/t30-,39+,42-,43-,48+/m0/s1. The van der Waals surface area contributed by atoms with Crippen LogP contribution in [0.25, 0.3) is 15.4 Å². The maximum absolute atomic E-state index is 14.4. The van der Waals surface area contributed by atoms with E-state index >= 15 is 0 Å². The number of carboxylic acids is 1. The number of aliphatic imine (C=N–C) groups is 1. The number of benzene rings is 3. The summed E-state index contributed by atoms with van der Waals surface area (Å²) in [5.41, 5.74) is 9.05. The van der Waals surface area contributed by atoms with Crippen LogP contribution in [-0.4, -0.2) is 108 Å². The zero-order chi connectivity index (χ0) is 51.2. The average molecular weight is 1010 g/mol. The van der Waals surface area contributed by atoms with Crippen LogP contribution in [0.3, 0.4) is 0 Å². The number of rotatable bonds is 13. The molecule has 3 aromatic carbocycles. The fourth-order valence-corrected chi connectivity index (χ4v) is 11.9. The number of hydrogen-bond acceptors (Lipinski definition) is 13. The zero-order valence-corrected chi connectivity index (χ0v) is 43.4. The van der Waals surface area contributed by atoms with Crippen LogP contribution < -0.4 is 20.3 Å². The van der Waals surface area contributed by atoms with E-state index in [9.17, 15) is 29.4 Å². The molecule has 2 saturated heterocycles. The second-order valence-electron chi connectivity index (χ2n) is 20.2. The van der Waals surface area contributed by atoms with E-state index in [-0.39, 0.29) is 37.4 Å². The number of amides is 3. The van der Waals surface area contributed by atoms with Gasteiger partial charge in [0.1, 0.15) is 40.8 Å². The Balaban J connectivity index is 0.819. The number of aliphatic carboxylic acids is 1. The molecule has 0 bridgehead atoms. The summed E-state index contributed by atoms with van der Waals surface area (Å²) >= 11 is 3.21. The number of hydrogen-bond donors (Lipinski definition) is 4. The van der Waals surface area contributed by atoms with Gasteiger partial charge in [0.2, 0.25) is 11.8 Å². The molecule has 6 aromatic rings. The molecule has 3 aromatic heterocycles. The number of likely N-dealkylation sites (tertiary alicyclic amines) is 1. The molecule has 0 unspecified atom stereocenters. The average Bonchev–Trinajstić information content (AvgIpc) is 4.12. The van der Waals surface area contributed by atoms with Gasteiger partial charge in [-0.15, -0.1) is 32.9 Å². The first-order valence-electron chi connectivity index (χ1n) is 24.4. The lowest BCUT2D eigenvalue weighted by molar-refractivity contribution is -0.142. The number of piperidine rings is 1. The minimum Gasteiger partial charge on any atom is -0.490 e. The SMILES string of the molecule is Cc1ncsc1-c1ccc([C@H](C)NC(=O)[C@@H]2C[C@@H](O)CN2C(=O)[C@@H](NC(=O)c2cccc(OC3CCN(c4ccc(C5=N[C@@H](CC(=O)O)c6nnc(C)n6-c6sc(C)c(C)c65)cc4)CC3)c2)C(C)(C)C)cc1. The Morgan fingerprint density at radius 2 is 1.62 bits per heavy atom. The first-order valence-corrected chi connectivity index (χ1v) is 26.1. The van der Waals surface area contributed by atoms with Gasteiger partial charge in [-0.2, -0.15) is 0 Å². The van der Waals surface area contributed by atoms with Crippen molar-refractivity contribution in [1.29, 1.82) is 0 Å². The van der Waals surface area contributed by atoms with Crippen molar-refractivity contribution >= 4 is 57.8 Å². The number of ether oxygens (including phenoxy) is 1. The predicted molar refractivity (Wildman–Crippen MR) is 279 cm³/mol. The van der Waals surface area contributed by atoms with E-state index in [0.717, 1.165) is 85.6 Å². The number of aliphatic hydroxyl groups is 1. The topological polar surface area (TPSA) is 204 Å². The summed E-state index contributed by atoms with van der Waals surface area (Å²) in [6, 6.07) is 20.2. The van der Waals surface area contributed by atoms with Crippen molar-refractivity contribution in [3.63, 3.8) is 0 Å². The lowest BCUT2D eigenvalue weighted by Gasteiger charge is -2.35. The summed E-state index contributed by atoms with van der Waals surface area (Å²) in [5, 5.41) is 36.3. The molecule has 5 atom stereocenters. The maximum Gasteiger partial charge on any atom is 0.306 e. The number of thiophene rings is 1. The van der Waals surface area contributed by atoms with Crippen LogP contribution in [0.1, 0.15) is 120 Å². The molecule has 16 nitrogen and oxygen atoms in total. The summed E-state index contributed by atoms with van der Waals surface area (Å²) in [7, 11) is 0. The number of nitrogens with zero attached hydrogens (tertiary/aromatic N) is 7. The Labute approximate surface area is 427 Å². The van der Waals surface area contributed by atoms with E-state index in [1.54, 1.807) is 40.9 Å². The molecule has 0 spiro atoms. The monoisotopic (exact) mass is 1010 g/mol. The highest BCUT2D eigenvalue weighted by Gasteiger charge is 2.45. The number of nitrogens with one attached hydrogen (secondary N) is 2. The van der Waals surface area contributed by atoms with Crippen molar-refractivity contribution in [2.24, 2.45) is 10.4 Å². The molecular weight excluding hydrogens is 951 g/mol. The number of aromatic nitrogens is 4. The van der Waals surface area contributed by atoms with Gasteiger partial charge in [0.15, 0.2) is 5.82 Å². The molecule has 3 amide bonds. The van der Waals surface area contributed by atoms with Crippen molar-refractivity contribution in [2.75, 3.05) is 24.5 Å². The Hall–Kier alpha value is -6.76. The number of anilines is 1. The number of aliphatic hydroxyl groups excluding tert-OH is 1. The summed E-state index contributed by atoms with van der Waals surface area (Å²) < 4.78 is 8.43. The predicted octanol–water partition coefficient (Wildman–Crippen LogP) is 8.08. The van der Waals surface area contributed by atoms with Crippen molar-refractivity contribution in [3.8, 4) is 21.2 Å². The van der Waals surface area contributed by atoms with Crippen molar-refractivity contribution in [3.05, 3.63) is 128 Å². The quantitative estimate of drug-likeness (QED) is 0.0871. The van der Waals surface area contributed by atoms with Gasteiger partial charge < -0.3 is 35.4 Å². The van der Waals surface area contributed by atoms with Gasteiger partial charge in [-0.1, -0.05) is 63.2 Å². The third kappa shape index (κ3) is 10.3. The summed E-state index contributed by atoms with van der Waals surface area (Å²) in [6.07, 6.45) is 0.370. The molecule has 4 N–H and O–H groups in total. The molecule has 18 heteroatoms. The summed E-state index contributed by atoms with van der Waals surface area (Å²) in [4.78, 5) is 69.6. The minimum atomic E-state index is -1.00. The third-order valence-corrected chi connectivity index (χ3v) is 16.2. The Bertz CT molecular complexity index is 3040. The van der Waals surface area contributed by atoms with Crippen LogP contribution in [-0.2, 0) is 14.4 Å². The van der Waals surface area contributed by atoms with Crippen LogP contribution in [0.2, 0.25) is 0 Å². The van der Waals surface area contributed by atoms with Crippen molar-refractivity contribution < 1.29 is 34.1 Å². The third-order valence-electron chi connectivity index (χ3n) is 14.0. The number of carboxylic acid groups (broad SMARTS) is 1. The molecule has 6 heterocycles. The minimum absolute atomic E-state index is 0.0296. The number of aryl methyl sites for hydroxylation is 3. The highest BCUT2D eigenvalue weighted by molar-refractivity contribution is 7.15. The maximum atomic E-state index is 14.4. The van der Waals surface area contributed by atoms with E-state index in [2.05, 4.69) is 68.8 Å². The number of fused-ring (bicyclic) bond motifs is 3. The normalized spacial score (nSPS) is 18.9. The molecule has 0 aliphatic carbocycles. The molecule has 72 heavy (non-hydrogen) atoms. The molecule has 3 aliphatic heterocycles. The molecule has 376 valence electrons. The van der Waals surface area contributed by atoms with Gasteiger partial charge >= 0.3 is 5.97 Å². The van der Waals surface area contributed by atoms with Crippen molar-refractivity contribution in [2.45, 2.75) is 117 Å². The number of thiazole rings is 1. The molecule has 9 rings (SSSR count). The fourth-order valence-electron chi connectivity index (χ4n) is 9.89. The number of β-amino-alcohol motifs (C(OH)–C–C–N with tert-alkyl or cyclic N) is 1. The molecule has 2 fully saturated rings. The van der Waals surface area contributed by atoms with Gasteiger partial charge in [-0.25, -0.2) is 4.98 Å². The van der Waals surface area contributed by atoms with E-state index < -0.39 is 47.4 Å². The molecule has 0 radical (unpaired) electrons. The number of carbonyl (C=O) groups is 4. The largest absolute Gasteiger partial charge is 0.490 e. The highest BCUT2D eigenvalue weighted by atomic mass is 32.1. The van der Waals surface area contributed by atoms with E-state index in [1.165, 1.54) is 4.90 Å². The number of carbonyl (C=O) groups excluding carboxylic acids is 3. The van der Waals surface area contributed by atoms with E-state index in [0.29, 0.717) is 23.0 Å². The van der Waals surface area contributed by atoms with Crippen LogP contribution in [0.4, 0.5) is 5.69 Å². The Morgan fingerprint density at radius 3 is 2.29 bits per heavy atom. The Kier molecular flexibility index (Phi) is 14.2. The Morgan fingerprint density at radius 1 is 0.917 bits per heavy atom. The first-order chi connectivity index (χ1) is 34.3. The van der Waals surface area contributed by atoms with E-state index in [1.807, 2.05) is 82.0 Å². The van der Waals surface area contributed by atoms with Crippen molar-refractivity contribution in [1.82, 2.24) is 35.3 Å². The second kappa shape index (κ2) is 20.4. The summed E-state index contributed by atoms with van der Waals surface area (Å²) in [5.74, 6) is -0.477. The fraction of sp³-hybridized carbons (Fsp3) is 0.407. The smallest absolute Gasteiger partial charge is 0.306 e. The lowest BCUT2D eigenvalue weighted by Crippen LogP contribution is -2.57. The second-order valence-corrected chi connectivity index (χ2v) is 22.2. The molecular formula is C54H61N9O7S2. The zero-order valence-electron chi connectivity index (χ0n) is 41.8. The van der Waals surface area contributed by atoms with Gasteiger partial charge in [0.25, 0.3) is 5.91 Å². The van der Waals surface area contributed by atoms with Crippen LogP contribution in [0.15, 0.2) is 83.3 Å². The van der Waals surface area contributed by atoms with Gasteiger partial charge in [0, 0.05) is 66.2 Å². The van der Waals surface area contributed by atoms with Gasteiger partial charge in [-0.3, -0.25) is 28.7 Å². The van der Waals surface area contributed by atoms with Crippen LogP contribution >= 0.6 is 22.7 Å². The summed E-state index contributed by atoms with van der Waals surface area (Å²) in [6.45, 7) is 16.9. The van der Waals surface area contributed by atoms with E-state index in [4.69, 9.17) is 9.73 Å². The van der Waals surface area contributed by atoms with Gasteiger partial charge in [0.05, 0.1) is 40.4 Å².